The van der Waals surface area contributed by atoms with Crippen LogP contribution in [-0.4, -0.2) is 18.1 Å². The van der Waals surface area contributed by atoms with Crippen LogP contribution in [0.1, 0.15) is 11.1 Å². The highest BCUT2D eigenvalue weighted by molar-refractivity contribution is 7.71. The molecule has 0 aromatic carbocycles. The molecule has 0 saturated carbocycles. The molecule has 0 aliphatic heterocycles. The molecule has 0 bridgehead atoms. The number of ether oxygens (including phenoxy) is 1. The normalized spacial score (nSPS) is 9.14. The summed E-state index contributed by atoms with van der Waals surface area (Å²) in [5.41, 5.74) is 0.913. The van der Waals surface area contributed by atoms with Gasteiger partial charge in [-0.25, -0.2) is 0 Å². The molecule has 0 amide bonds. The first kappa shape index (κ1) is 10.4. The van der Waals surface area contributed by atoms with Crippen LogP contribution in [-0.2, 0) is 16.0 Å². The van der Waals surface area contributed by atoms with Crippen molar-refractivity contribution in [2.45, 2.75) is 6.42 Å². The number of aromatic amines is 1. The van der Waals surface area contributed by atoms with Crippen LogP contribution < -0.4 is 0 Å². The number of pyridine rings is 1. The molecule has 1 aromatic heterocycles. The summed E-state index contributed by atoms with van der Waals surface area (Å²) in [6.45, 7) is 0. The molecule has 14 heavy (non-hydrogen) atoms. The highest BCUT2D eigenvalue weighted by Crippen LogP contribution is 2.09. The lowest BCUT2D eigenvalue weighted by Gasteiger charge is -2.01. The third-order valence-corrected chi connectivity index (χ3v) is 2.10. The number of hydrogen-bond donors (Lipinski definition) is 1. The molecule has 0 spiro atoms. The summed E-state index contributed by atoms with van der Waals surface area (Å²) in [7, 11) is 1.30. The SMILES string of the molecule is COC(=O)Cc1c(C#N)cc[nH]c1=S. The second kappa shape index (κ2) is 4.53. The van der Waals surface area contributed by atoms with Crippen LogP contribution in [0.15, 0.2) is 12.3 Å². The van der Waals surface area contributed by atoms with Crippen LogP contribution in [0.4, 0.5) is 0 Å². The van der Waals surface area contributed by atoms with Crippen molar-refractivity contribution >= 4 is 18.2 Å². The van der Waals surface area contributed by atoms with Crippen LogP contribution in [0.2, 0.25) is 0 Å². The van der Waals surface area contributed by atoms with E-state index in [-0.39, 0.29) is 6.42 Å². The van der Waals surface area contributed by atoms with E-state index < -0.39 is 5.97 Å². The monoisotopic (exact) mass is 208 g/mol. The lowest BCUT2D eigenvalue weighted by Crippen LogP contribution is -2.07. The molecular weight excluding hydrogens is 200 g/mol. The van der Waals surface area contributed by atoms with Crippen LogP contribution in [0.25, 0.3) is 0 Å². The van der Waals surface area contributed by atoms with Crippen molar-refractivity contribution in [2.24, 2.45) is 0 Å². The average Bonchev–Trinajstić information content (AvgIpc) is 2.20. The minimum atomic E-state index is -0.410. The van der Waals surface area contributed by atoms with Gasteiger partial charge in [0.05, 0.1) is 25.2 Å². The number of hydrogen-bond acceptors (Lipinski definition) is 4. The van der Waals surface area contributed by atoms with Crippen LogP contribution >= 0.6 is 12.2 Å². The maximum atomic E-state index is 11.0. The maximum Gasteiger partial charge on any atom is 0.310 e. The number of nitrogens with one attached hydrogen (secondary N) is 1. The van der Waals surface area contributed by atoms with E-state index in [1.807, 2.05) is 6.07 Å². The number of esters is 1. The number of nitrogens with zero attached hydrogens (tertiary/aromatic N) is 1. The van der Waals surface area contributed by atoms with Crippen molar-refractivity contribution in [3.8, 4) is 6.07 Å². The topological polar surface area (TPSA) is 65.9 Å². The highest BCUT2D eigenvalue weighted by Gasteiger charge is 2.09. The van der Waals surface area contributed by atoms with Gasteiger partial charge in [-0.2, -0.15) is 5.26 Å². The molecule has 1 aromatic rings. The van der Waals surface area contributed by atoms with Crippen molar-refractivity contribution in [1.82, 2.24) is 4.98 Å². The van der Waals surface area contributed by atoms with E-state index in [1.54, 1.807) is 12.3 Å². The smallest absolute Gasteiger partial charge is 0.310 e. The molecule has 0 fully saturated rings. The van der Waals surface area contributed by atoms with Crippen molar-refractivity contribution in [3.63, 3.8) is 0 Å². The largest absolute Gasteiger partial charge is 0.469 e. The fourth-order valence-electron chi connectivity index (χ4n) is 1.01. The summed E-state index contributed by atoms with van der Waals surface area (Å²) < 4.78 is 4.90. The molecule has 5 heteroatoms. The van der Waals surface area contributed by atoms with Gasteiger partial charge < -0.3 is 9.72 Å². The molecule has 0 aliphatic carbocycles. The molecule has 0 radical (unpaired) electrons. The molecule has 0 aliphatic rings. The minimum Gasteiger partial charge on any atom is -0.469 e. The first-order chi connectivity index (χ1) is 6.69. The summed E-state index contributed by atoms with van der Waals surface area (Å²) in [5, 5.41) is 8.77. The summed E-state index contributed by atoms with van der Waals surface area (Å²) in [5.74, 6) is -0.410. The van der Waals surface area contributed by atoms with Gasteiger partial charge in [0.15, 0.2) is 0 Å². The van der Waals surface area contributed by atoms with Gasteiger partial charge in [0, 0.05) is 11.8 Å². The van der Waals surface area contributed by atoms with E-state index in [2.05, 4.69) is 9.72 Å². The van der Waals surface area contributed by atoms with Gasteiger partial charge in [0.1, 0.15) is 4.64 Å². The molecular formula is C9H8N2O2S. The standard InChI is InChI=1S/C9H8N2O2S/c1-13-8(12)4-7-6(5-10)2-3-11-9(7)14/h2-3H,4H2,1H3,(H,11,14). The summed E-state index contributed by atoms with van der Waals surface area (Å²) in [6.07, 6.45) is 1.59. The maximum absolute atomic E-state index is 11.0. The number of aromatic nitrogens is 1. The zero-order chi connectivity index (χ0) is 10.6. The highest BCUT2D eigenvalue weighted by atomic mass is 32.1. The van der Waals surface area contributed by atoms with Crippen molar-refractivity contribution in [1.29, 1.82) is 5.26 Å². The first-order valence-corrected chi connectivity index (χ1v) is 4.27. The summed E-state index contributed by atoms with van der Waals surface area (Å²) in [6, 6.07) is 3.55. The number of H-pyrrole nitrogens is 1. The van der Waals surface area contributed by atoms with Gasteiger partial charge in [-0.1, -0.05) is 12.2 Å². The Hall–Kier alpha value is -1.67. The van der Waals surface area contributed by atoms with Gasteiger partial charge in [0.2, 0.25) is 0 Å². The third-order valence-electron chi connectivity index (χ3n) is 1.73. The Morgan fingerprint density at radius 2 is 2.50 bits per heavy atom. The van der Waals surface area contributed by atoms with Gasteiger partial charge in [-0.3, -0.25) is 4.79 Å². The quantitative estimate of drug-likeness (QED) is 0.588. The second-order valence-corrected chi connectivity index (χ2v) is 2.97. The fourth-order valence-corrected chi connectivity index (χ4v) is 1.26. The summed E-state index contributed by atoms with van der Waals surface area (Å²) in [4.78, 5) is 13.8. The van der Waals surface area contributed by atoms with E-state index in [1.165, 1.54) is 7.11 Å². The van der Waals surface area contributed by atoms with E-state index in [9.17, 15) is 4.79 Å². The summed E-state index contributed by atoms with van der Waals surface area (Å²) >= 11 is 4.96. The predicted molar refractivity (Wildman–Crippen MR) is 52.1 cm³/mol. The molecule has 0 atom stereocenters. The number of carbonyl (C=O) groups excluding carboxylic acids is 1. The van der Waals surface area contributed by atoms with Crippen LogP contribution in [0.3, 0.4) is 0 Å². The Morgan fingerprint density at radius 3 is 3.07 bits per heavy atom. The average molecular weight is 208 g/mol. The molecule has 0 saturated heterocycles. The minimum absolute atomic E-state index is 0.0234. The Bertz CT molecular complexity index is 445. The van der Waals surface area contributed by atoms with Gasteiger partial charge >= 0.3 is 5.97 Å². The van der Waals surface area contributed by atoms with Crippen LogP contribution in [0, 0.1) is 16.0 Å². The first-order valence-electron chi connectivity index (χ1n) is 3.86. The third kappa shape index (κ3) is 2.18. The molecule has 4 nitrogen and oxygen atoms in total. The Morgan fingerprint density at radius 1 is 1.79 bits per heavy atom. The van der Waals surface area contributed by atoms with Crippen molar-refractivity contribution in [2.75, 3.05) is 7.11 Å². The Balaban J connectivity index is 3.13. The van der Waals surface area contributed by atoms with Gasteiger partial charge in [-0.05, 0) is 6.07 Å². The predicted octanol–water partition coefficient (Wildman–Crippen LogP) is 1.33. The Kier molecular flexibility index (Phi) is 3.37. The van der Waals surface area contributed by atoms with Gasteiger partial charge in [-0.15, -0.1) is 0 Å². The molecule has 0 unspecified atom stereocenters. The van der Waals surface area contributed by atoms with Crippen LogP contribution in [0.5, 0.6) is 0 Å². The van der Waals surface area contributed by atoms with Gasteiger partial charge in [0.25, 0.3) is 0 Å². The zero-order valence-electron chi connectivity index (χ0n) is 7.53. The van der Waals surface area contributed by atoms with E-state index in [0.717, 1.165) is 0 Å². The number of nitriles is 1. The fraction of sp³-hybridized carbons (Fsp3) is 0.222. The molecule has 1 N–H and O–H groups in total. The Labute approximate surface area is 86.1 Å². The molecule has 72 valence electrons. The molecule has 1 rings (SSSR count). The van der Waals surface area contributed by atoms with E-state index in [4.69, 9.17) is 17.5 Å². The lowest BCUT2D eigenvalue weighted by atomic mass is 10.1. The van der Waals surface area contributed by atoms with Crippen molar-refractivity contribution in [3.05, 3.63) is 28.0 Å². The number of methoxy groups -OCH3 is 1. The molecule has 1 heterocycles. The number of carbonyl (C=O) groups is 1. The number of rotatable bonds is 2. The van der Waals surface area contributed by atoms with E-state index in [0.29, 0.717) is 15.8 Å². The zero-order valence-corrected chi connectivity index (χ0v) is 8.35. The van der Waals surface area contributed by atoms with E-state index >= 15 is 0 Å². The van der Waals surface area contributed by atoms with Crippen molar-refractivity contribution < 1.29 is 9.53 Å². The second-order valence-electron chi connectivity index (χ2n) is 2.56. The lowest BCUT2D eigenvalue weighted by molar-refractivity contribution is -0.139.